The number of nitrogens with zero attached hydrogens (tertiary/aromatic N) is 3. The average Bonchev–Trinajstić information content (AvgIpc) is 3.05. The van der Waals surface area contributed by atoms with Crippen LogP contribution in [0.15, 0.2) is 40.5 Å². The van der Waals surface area contributed by atoms with Crippen molar-refractivity contribution in [3.63, 3.8) is 0 Å². The smallest absolute Gasteiger partial charge is 0.234 e. The van der Waals surface area contributed by atoms with Crippen LogP contribution in [0, 0.1) is 5.92 Å². The lowest BCUT2D eigenvalue weighted by Gasteiger charge is -2.21. The molecule has 0 saturated heterocycles. The van der Waals surface area contributed by atoms with Gasteiger partial charge in [-0.1, -0.05) is 77.5 Å². The van der Waals surface area contributed by atoms with Gasteiger partial charge in [-0.25, -0.2) is 0 Å². The molecule has 1 fully saturated rings. The van der Waals surface area contributed by atoms with Crippen LogP contribution in [-0.4, -0.2) is 26.4 Å². The zero-order chi connectivity index (χ0) is 19.9. The van der Waals surface area contributed by atoms with Crippen LogP contribution in [0.2, 0.25) is 5.02 Å². The van der Waals surface area contributed by atoms with Gasteiger partial charge in [-0.15, -0.1) is 16.8 Å². The van der Waals surface area contributed by atoms with Crippen LogP contribution in [0.25, 0.3) is 0 Å². The van der Waals surface area contributed by atoms with E-state index in [2.05, 4.69) is 42.6 Å². The van der Waals surface area contributed by atoms with Crippen molar-refractivity contribution in [3.05, 3.63) is 46.2 Å². The van der Waals surface area contributed by atoms with Gasteiger partial charge in [-0.05, 0) is 24.1 Å². The topological polar surface area (TPSA) is 59.8 Å². The fourth-order valence-corrected chi connectivity index (χ4v) is 4.93. The fourth-order valence-electron chi connectivity index (χ4n) is 3.45. The molecule has 1 heterocycles. The number of anilines is 1. The number of carbonyl (C=O) groups excluding carboxylic acids is 1. The highest BCUT2D eigenvalue weighted by atomic mass is 79.9. The Morgan fingerprint density at radius 3 is 2.86 bits per heavy atom. The van der Waals surface area contributed by atoms with Crippen molar-refractivity contribution in [1.29, 1.82) is 0 Å². The second-order valence-electron chi connectivity index (χ2n) is 6.97. The van der Waals surface area contributed by atoms with Crippen LogP contribution >= 0.6 is 39.3 Å². The number of benzene rings is 1. The molecule has 8 heteroatoms. The van der Waals surface area contributed by atoms with E-state index in [-0.39, 0.29) is 11.7 Å². The Hall–Kier alpha value is -1.31. The molecule has 3 rings (SSSR count). The van der Waals surface area contributed by atoms with E-state index >= 15 is 0 Å². The Balaban J connectivity index is 1.61. The van der Waals surface area contributed by atoms with Gasteiger partial charge in [0, 0.05) is 17.4 Å². The van der Waals surface area contributed by atoms with Gasteiger partial charge in [0.2, 0.25) is 5.91 Å². The van der Waals surface area contributed by atoms with Gasteiger partial charge in [0.25, 0.3) is 0 Å². The van der Waals surface area contributed by atoms with Crippen molar-refractivity contribution in [2.45, 2.75) is 50.2 Å². The van der Waals surface area contributed by atoms with Gasteiger partial charge in [-0.2, -0.15) is 0 Å². The number of carbonyl (C=O) groups is 1. The number of rotatable bonds is 8. The molecule has 5 nitrogen and oxygen atoms in total. The highest BCUT2D eigenvalue weighted by Gasteiger charge is 2.19. The summed E-state index contributed by atoms with van der Waals surface area (Å²) in [6.45, 7) is 4.50. The maximum absolute atomic E-state index is 12.3. The lowest BCUT2D eigenvalue weighted by molar-refractivity contribution is -0.113. The number of nitrogens with one attached hydrogen (secondary N) is 1. The third-order valence-electron chi connectivity index (χ3n) is 4.84. The molecule has 28 heavy (non-hydrogen) atoms. The normalized spacial score (nSPS) is 14.8. The van der Waals surface area contributed by atoms with Gasteiger partial charge in [0.15, 0.2) is 5.16 Å². The first kappa shape index (κ1) is 21.4. The predicted molar refractivity (Wildman–Crippen MR) is 119 cm³/mol. The predicted octanol–water partition coefficient (Wildman–Crippen LogP) is 5.73. The lowest BCUT2D eigenvalue weighted by Crippen LogP contribution is -2.16. The summed E-state index contributed by atoms with van der Waals surface area (Å²) in [7, 11) is 0. The van der Waals surface area contributed by atoms with Crippen LogP contribution in [-0.2, 0) is 17.8 Å². The number of amides is 1. The molecule has 2 aromatic rings. The van der Waals surface area contributed by atoms with Gasteiger partial charge in [0.05, 0.1) is 16.5 Å². The maximum Gasteiger partial charge on any atom is 0.234 e. The number of halogens is 2. The van der Waals surface area contributed by atoms with E-state index in [1.807, 2.05) is 12.1 Å². The highest BCUT2D eigenvalue weighted by Crippen LogP contribution is 2.28. The quantitative estimate of drug-likeness (QED) is 0.384. The van der Waals surface area contributed by atoms with Gasteiger partial charge in [-0.3, -0.25) is 4.79 Å². The van der Waals surface area contributed by atoms with Crippen molar-refractivity contribution in [2.24, 2.45) is 5.92 Å². The third kappa shape index (κ3) is 5.84. The van der Waals surface area contributed by atoms with E-state index in [9.17, 15) is 4.79 Å². The summed E-state index contributed by atoms with van der Waals surface area (Å²) in [4.78, 5) is 12.3. The molecule has 0 spiro atoms. The first-order valence-electron chi connectivity index (χ1n) is 9.47. The molecule has 1 N–H and O–H groups in total. The summed E-state index contributed by atoms with van der Waals surface area (Å²) >= 11 is 10.9. The molecule has 0 bridgehead atoms. The number of thioether (sulfide) groups is 1. The van der Waals surface area contributed by atoms with Crippen LogP contribution in [0.3, 0.4) is 0 Å². The van der Waals surface area contributed by atoms with E-state index in [1.54, 1.807) is 12.1 Å². The SMILES string of the molecule is C=CCn1c(CC2CCCCC2)nnc1SCC(=O)Nc1ccc(Br)cc1Cl. The Morgan fingerprint density at radius 1 is 1.36 bits per heavy atom. The van der Waals surface area contributed by atoms with Gasteiger partial charge < -0.3 is 9.88 Å². The summed E-state index contributed by atoms with van der Waals surface area (Å²) in [5.41, 5.74) is 0.598. The minimum atomic E-state index is -0.129. The Kier molecular flexibility index (Phi) is 8.00. The molecular formula is C20H24BrClN4OS. The van der Waals surface area contributed by atoms with Gasteiger partial charge in [0.1, 0.15) is 5.82 Å². The molecule has 0 aliphatic heterocycles. The molecule has 1 aliphatic rings. The second-order valence-corrected chi connectivity index (χ2v) is 9.23. The minimum Gasteiger partial charge on any atom is -0.324 e. The summed E-state index contributed by atoms with van der Waals surface area (Å²) in [6, 6.07) is 5.37. The van der Waals surface area contributed by atoms with E-state index in [0.717, 1.165) is 21.9 Å². The van der Waals surface area contributed by atoms with E-state index < -0.39 is 0 Å². The first-order chi connectivity index (χ1) is 13.6. The Bertz CT molecular complexity index is 836. The number of allylic oxidation sites excluding steroid dienone is 1. The van der Waals surface area contributed by atoms with Crippen molar-refractivity contribution < 1.29 is 4.79 Å². The van der Waals surface area contributed by atoms with E-state index in [1.165, 1.54) is 43.9 Å². The zero-order valence-electron chi connectivity index (χ0n) is 15.7. The van der Waals surface area contributed by atoms with E-state index in [0.29, 0.717) is 23.2 Å². The molecule has 1 saturated carbocycles. The van der Waals surface area contributed by atoms with Crippen LogP contribution in [0.5, 0.6) is 0 Å². The first-order valence-corrected chi connectivity index (χ1v) is 11.6. The number of hydrogen-bond acceptors (Lipinski definition) is 4. The fraction of sp³-hybridized carbons (Fsp3) is 0.450. The van der Waals surface area contributed by atoms with Crippen molar-refractivity contribution in [1.82, 2.24) is 14.8 Å². The Labute approximate surface area is 183 Å². The van der Waals surface area contributed by atoms with Crippen LogP contribution < -0.4 is 5.32 Å². The van der Waals surface area contributed by atoms with Crippen molar-refractivity contribution in [3.8, 4) is 0 Å². The molecule has 150 valence electrons. The molecule has 1 aromatic heterocycles. The molecule has 1 aliphatic carbocycles. The summed E-state index contributed by atoms with van der Waals surface area (Å²) in [6.07, 6.45) is 9.27. The van der Waals surface area contributed by atoms with Crippen LogP contribution in [0.1, 0.15) is 37.9 Å². The molecule has 0 unspecified atom stereocenters. The van der Waals surface area contributed by atoms with Crippen molar-refractivity contribution >= 4 is 50.9 Å². The standard InChI is InChI=1S/C20H24BrClN4OS/c1-2-10-26-18(11-14-6-4-3-5-7-14)24-25-20(26)28-13-19(27)23-17-9-8-15(21)12-16(17)22/h2,8-9,12,14H,1,3-7,10-11,13H2,(H,23,27). The van der Waals surface area contributed by atoms with E-state index in [4.69, 9.17) is 11.6 Å². The minimum absolute atomic E-state index is 0.129. The van der Waals surface area contributed by atoms with Crippen LogP contribution in [0.4, 0.5) is 5.69 Å². The lowest BCUT2D eigenvalue weighted by atomic mass is 9.87. The summed E-state index contributed by atoms with van der Waals surface area (Å²) < 4.78 is 2.94. The summed E-state index contributed by atoms with van der Waals surface area (Å²) in [5.74, 6) is 1.79. The Morgan fingerprint density at radius 2 is 2.14 bits per heavy atom. The number of aromatic nitrogens is 3. The molecule has 1 aromatic carbocycles. The average molecular weight is 484 g/mol. The highest BCUT2D eigenvalue weighted by molar-refractivity contribution is 9.10. The monoisotopic (exact) mass is 482 g/mol. The molecule has 1 amide bonds. The number of hydrogen-bond donors (Lipinski definition) is 1. The third-order valence-corrected chi connectivity index (χ3v) is 6.61. The molecule has 0 radical (unpaired) electrons. The van der Waals surface area contributed by atoms with Crippen molar-refractivity contribution in [2.75, 3.05) is 11.1 Å². The molecule has 0 atom stereocenters. The second kappa shape index (κ2) is 10.5. The maximum atomic E-state index is 12.3. The summed E-state index contributed by atoms with van der Waals surface area (Å²) in [5, 5.41) is 12.8. The molecular weight excluding hydrogens is 460 g/mol. The largest absolute Gasteiger partial charge is 0.324 e. The van der Waals surface area contributed by atoms with Gasteiger partial charge >= 0.3 is 0 Å². The zero-order valence-corrected chi connectivity index (χ0v) is 18.8.